The van der Waals surface area contributed by atoms with Crippen molar-refractivity contribution in [1.82, 2.24) is 19.9 Å². The van der Waals surface area contributed by atoms with Crippen molar-refractivity contribution in [2.24, 2.45) is 0 Å². The first-order valence-corrected chi connectivity index (χ1v) is 16.4. The summed E-state index contributed by atoms with van der Waals surface area (Å²) in [7, 11) is 0. The summed E-state index contributed by atoms with van der Waals surface area (Å²) >= 11 is 0. The van der Waals surface area contributed by atoms with Gasteiger partial charge in [0, 0.05) is 28.2 Å². The third-order valence-corrected chi connectivity index (χ3v) is 7.23. The van der Waals surface area contributed by atoms with Crippen LogP contribution in [0, 0.1) is 0 Å². The Kier molecular flexibility index (Phi) is 28.4. The molecular formula is C42H36N4O13V2+2. The molecular weight excluding hydrogens is 870 g/mol. The van der Waals surface area contributed by atoms with Crippen LogP contribution in [0.25, 0.3) is 43.6 Å². The quantitative estimate of drug-likeness (QED) is 0.233. The minimum absolute atomic E-state index is 0. The number of carboxylic acids is 4. The number of aliphatic hydroxyl groups is 1. The summed E-state index contributed by atoms with van der Waals surface area (Å²) in [6, 6.07) is 42.0. The molecule has 0 aliphatic rings. The maximum Gasteiger partial charge on any atom is 4.00 e. The fraction of sp³-hybridized carbons (Fsp3) is 0.0476. The van der Waals surface area contributed by atoms with Crippen molar-refractivity contribution in [2.45, 2.75) is 6.92 Å². The van der Waals surface area contributed by atoms with Crippen molar-refractivity contribution in [1.29, 1.82) is 0 Å². The Hall–Kier alpha value is -6.63. The van der Waals surface area contributed by atoms with E-state index in [2.05, 4.69) is 19.9 Å². The number of carboxylic acid groups (broad SMARTS) is 4. The molecule has 4 aromatic carbocycles. The van der Waals surface area contributed by atoms with E-state index < -0.39 is 23.9 Å². The van der Waals surface area contributed by atoms with Crippen LogP contribution in [0.5, 0.6) is 0 Å². The van der Waals surface area contributed by atoms with Crippen molar-refractivity contribution in [3.8, 4) is 0 Å². The number of fused-ring (bicyclic) bond motifs is 4. The molecule has 4 aromatic heterocycles. The molecule has 17 nitrogen and oxygen atoms in total. The first-order valence-electron chi connectivity index (χ1n) is 16.4. The van der Waals surface area contributed by atoms with Crippen LogP contribution in [-0.2, 0) is 59.0 Å². The zero-order valence-electron chi connectivity index (χ0n) is 31.9. The van der Waals surface area contributed by atoms with E-state index in [4.69, 9.17) is 5.11 Å². The predicted octanol–water partition coefficient (Wildman–Crippen LogP) is 0.305. The first kappa shape index (κ1) is 58.7. The maximum absolute atomic E-state index is 10.5. The molecule has 0 amide bonds. The Morgan fingerprint density at radius 3 is 0.721 bits per heavy atom. The molecule has 7 N–H and O–H groups in total. The molecule has 0 saturated heterocycles. The molecule has 0 aliphatic heterocycles. The zero-order valence-corrected chi connectivity index (χ0v) is 34.7. The Morgan fingerprint density at radius 2 is 0.557 bits per heavy atom. The predicted molar refractivity (Wildman–Crippen MR) is 208 cm³/mol. The Balaban J connectivity index is -0.000000697. The van der Waals surface area contributed by atoms with Gasteiger partial charge in [-0.25, -0.2) is 19.9 Å². The number of rotatable bonds is 4. The van der Waals surface area contributed by atoms with Gasteiger partial charge in [-0.05, 0) is 55.5 Å². The number of hydrogen-bond acceptors (Lipinski definition) is 13. The van der Waals surface area contributed by atoms with Crippen LogP contribution >= 0.6 is 0 Å². The molecule has 310 valence electrons. The molecule has 0 spiro atoms. The summed E-state index contributed by atoms with van der Waals surface area (Å²) in [5, 5.41) is 53.1. The Bertz CT molecular complexity index is 2260. The van der Waals surface area contributed by atoms with Crippen molar-refractivity contribution >= 4 is 67.5 Å². The third-order valence-electron chi connectivity index (χ3n) is 7.23. The van der Waals surface area contributed by atoms with Crippen molar-refractivity contribution in [2.75, 3.05) is 6.61 Å². The van der Waals surface area contributed by atoms with Gasteiger partial charge in [0.05, 0.1) is 68.7 Å². The molecule has 0 unspecified atom stereocenters. The monoisotopic (exact) mass is 906 g/mol. The summed E-state index contributed by atoms with van der Waals surface area (Å²) in [5.41, 5.74) is 2.57. The average Bonchev–Trinajstić information content (AvgIpc) is 3.21. The smallest absolute Gasteiger partial charge is 2.00 e. The number of benzene rings is 4. The molecule has 0 aliphatic carbocycles. The number of pyridine rings is 4. The van der Waals surface area contributed by atoms with Crippen LogP contribution in [-0.4, -0.2) is 55.5 Å². The number of aliphatic hydroxyl groups excluding tert-OH is 1. The molecule has 0 fully saturated rings. The second-order valence-corrected chi connectivity index (χ2v) is 11.0. The van der Waals surface area contributed by atoms with Crippen LogP contribution in [0.15, 0.2) is 146 Å². The SMILES string of the molecule is CCO.O=C([O-])c1ccc2ccccc2n1.O=C([O-])c1ccc2ccccc2n1.O=C([O-])c1ccc2ccccc2n1.O=C([O-])c1ccc2ccccc2n1.[O-2].[O-2].[OH3+].[OH3+].[V+4].[V+4]. The number of carbonyl (C=O) groups excluding carboxylic acids is 4. The van der Waals surface area contributed by atoms with Crippen LogP contribution in [0.1, 0.15) is 48.9 Å². The number of aromatic nitrogens is 4. The van der Waals surface area contributed by atoms with Gasteiger partial charge in [-0.3, -0.25) is 0 Å². The number of nitrogens with zero attached hydrogens (tertiary/aromatic N) is 4. The molecule has 4 heterocycles. The number of carbonyl (C=O) groups is 4. The van der Waals surface area contributed by atoms with Gasteiger partial charge in [-0.15, -0.1) is 0 Å². The fourth-order valence-electron chi connectivity index (χ4n) is 4.72. The molecule has 8 aromatic rings. The molecule has 2 radical (unpaired) electrons. The standard InChI is InChI=1S/4C10H7NO2.C2H6O.2H2O.2O.2V/c4*12-10(13)9-6-5-7-3-1-2-4-8(7)11-9;1-2-3;;;;;;/h4*1-6H,(H,12,13);3H,2H2,1H3;2*1H2;;;;/q;;;;;;;2*-2;2*+4/p-2. The molecule has 0 atom stereocenters. The van der Waals surface area contributed by atoms with Gasteiger partial charge in [0.15, 0.2) is 0 Å². The van der Waals surface area contributed by atoms with E-state index in [1.807, 2.05) is 72.8 Å². The van der Waals surface area contributed by atoms with E-state index >= 15 is 0 Å². The summed E-state index contributed by atoms with van der Waals surface area (Å²) < 4.78 is 0. The first-order chi connectivity index (χ1) is 26.5. The largest absolute Gasteiger partial charge is 4.00 e. The van der Waals surface area contributed by atoms with Gasteiger partial charge >= 0.3 is 37.1 Å². The normalized spacial score (nSPS) is 8.95. The van der Waals surface area contributed by atoms with E-state index in [1.165, 1.54) is 24.3 Å². The summed E-state index contributed by atoms with van der Waals surface area (Å²) in [6.07, 6.45) is 0. The van der Waals surface area contributed by atoms with Crippen LogP contribution in [0.3, 0.4) is 0 Å². The van der Waals surface area contributed by atoms with Gasteiger partial charge in [-0.2, -0.15) is 0 Å². The van der Waals surface area contributed by atoms with Crippen molar-refractivity contribution in [3.05, 3.63) is 168 Å². The fourth-order valence-corrected chi connectivity index (χ4v) is 4.72. The Labute approximate surface area is 371 Å². The Morgan fingerprint density at radius 1 is 0.393 bits per heavy atom. The minimum Gasteiger partial charge on any atom is -2.00 e. The summed E-state index contributed by atoms with van der Waals surface area (Å²) in [4.78, 5) is 57.5. The average molecular weight is 907 g/mol. The van der Waals surface area contributed by atoms with Gasteiger partial charge in [-0.1, -0.05) is 97.1 Å². The summed E-state index contributed by atoms with van der Waals surface area (Å²) in [5.74, 6) is -4.98. The molecule has 19 heteroatoms. The van der Waals surface area contributed by atoms with E-state index in [1.54, 1.807) is 55.5 Å². The number of aromatic carboxylic acids is 4. The number of hydrogen-bond donors (Lipinski definition) is 1. The zero-order chi connectivity index (χ0) is 39.7. The van der Waals surface area contributed by atoms with Crippen LogP contribution in [0.4, 0.5) is 0 Å². The molecule has 0 bridgehead atoms. The van der Waals surface area contributed by atoms with E-state index in [0.29, 0.717) is 22.1 Å². The van der Waals surface area contributed by atoms with Gasteiger partial charge < -0.3 is 66.6 Å². The van der Waals surface area contributed by atoms with Gasteiger partial charge in [0.25, 0.3) is 0 Å². The second kappa shape index (κ2) is 29.6. The van der Waals surface area contributed by atoms with Crippen LogP contribution in [0.2, 0.25) is 0 Å². The van der Waals surface area contributed by atoms with Crippen molar-refractivity contribution < 1.29 is 104 Å². The van der Waals surface area contributed by atoms with E-state index in [0.717, 1.165) is 21.5 Å². The molecule has 0 saturated carbocycles. The second-order valence-electron chi connectivity index (χ2n) is 11.0. The number of para-hydroxylation sites is 4. The topological polar surface area (TPSA) is 355 Å². The van der Waals surface area contributed by atoms with E-state index in [9.17, 15) is 39.6 Å². The van der Waals surface area contributed by atoms with E-state index in [-0.39, 0.29) is 88.4 Å². The minimum atomic E-state index is -1.24. The molecule has 8 rings (SSSR count). The molecule has 61 heavy (non-hydrogen) atoms. The van der Waals surface area contributed by atoms with Crippen LogP contribution < -0.4 is 20.4 Å². The van der Waals surface area contributed by atoms with Gasteiger partial charge in [0.2, 0.25) is 0 Å². The van der Waals surface area contributed by atoms with Gasteiger partial charge in [0.1, 0.15) is 0 Å². The van der Waals surface area contributed by atoms with Crippen molar-refractivity contribution in [3.63, 3.8) is 0 Å². The maximum atomic E-state index is 10.5. The third kappa shape index (κ3) is 17.6. The summed E-state index contributed by atoms with van der Waals surface area (Å²) in [6.45, 7) is 1.93.